The van der Waals surface area contributed by atoms with Gasteiger partial charge in [-0.1, -0.05) is 18.2 Å². The van der Waals surface area contributed by atoms with Gasteiger partial charge in [-0.2, -0.15) is 0 Å². The summed E-state index contributed by atoms with van der Waals surface area (Å²) in [5.74, 6) is 1.10. The van der Waals surface area contributed by atoms with Crippen LogP contribution < -0.4 is 19.9 Å². The molecule has 3 aromatic rings. The number of nitrogens with zero attached hydrogens (tertiary/aromatic N) is 3. The fraction of sp³-hybridized carbons (Fsp3) is 0.318. The Morgan fingerprint density at radius 3 is 2.69 bits per heavy atom. The lowest BCUT2D eigenvalue weighted by atomic mass is 10.2. The van der Waals surface area contributed by atoms with Gasteiger partial charge in [0.25, 0.3) is 5.56 Å². The maximum atomic E-state index is 12.8. The number of aryl methyl sites for hydroxylation is 1. The topological polar surface area (TPSA) is 73.7 Å². The molecule has 1 aromatic heterocycles. The molecule has 0 atom stereocenters. The molecular formula is C22H23N3O4. The molecule has 0 saturated carbocycles. The Kier molecular flexibility index (Phi) is 5.20. The van der Waals surface area contributed by atoms with Crippen molar-refractivity contribution in [2.75, 3.05) is 25.7 Å². The minimum Gasteiger partial charge on any atom is -0.493 e. The van der Waals surface area contributed by atoms with Crippen molar-refractivity contribution < 1.29 is 14.3 Å². The SMILES string of the molecule is COc1cc2ncn(CCCC(=O)N3CCc4ccccc43)c(=O)c2cc1OC. The first-order valence-electron chi connectivity index (χ1n) is 9.62. The zero-order valence-corrected chi connectivity index (χ0v) is 16.6. The second-order valence-corrected chi connectivity index (χ2v) is 7.00. The number of rotatable bonds is 6. The Balaban J connectivity index is 1.47. The predicted octanol–water partition coefficient (Wildman–Crippen LogP) is 2.78. The third-order valence-electron chi connectivity index (χ3n) is 5.31. The molecule has 1 aliphatic rings. The average molecular weight is 393 g/mol. The lowest BCUT2D eigenvalue weighted by Gasteiger charge is -2.17. The first-order valence-corrected chi connectivity index (χ1v) is 9.62. The molecule has 0 saturated heterocycles. The van der Waals surface area contributed by atoms with Crippen LogP contribution in [0.1, 0.15) is 18.4 Å². The number of fused-ring (bicyclic) bond motifs is 2. The van der Waals surface area contributed by atoms with Crippen molar-refractivity contribution >= 4 is 22.5 Å². The number of amides is 1. The van der Waals surface area contributed by atoms with Crippen LogP contribution in [-0.2, 0) is 17.8 Å². The Bertz CT molecular complexity index is 1120. The summed E-state index contributed by atoms with van der Waals surface area (Å²) in [5, 5.41) is 0.463. The zero-order valence-electron chi connectivity index (χ0n) is 16.6. The van der Waals surface area contributed by atoms with Crippen LogP contribution in [0.25, 0.3) is 10.9 Å². The molecule has 0 spiro atoms. The van der Waals surface area contributed by atoms with Crippen molar-refractivity contribution in [2.24, 2.45) is 0 Å². The second kappa shape index (κ2) is 7.95. The van der Waals surface area contributed by atoms with Crippen molar-refractivity contribution in [1.29, 1.82) is 0 Å². The van der Waals surface area contributed by atoms with E-state index in [2.05, 4.69) is 11.1 Å². The number of carbonyl (C=O) groups is 1. The van der Waals surface area contributed by atoms with Crippen LogP contribution in [0.4, 0.5) is 5.69 Å². The lowest BCUT2D eigenvalue weighted by molar-refractivity contribution is -0.118. The van der Waals surface area contributed by atoms with Gasteiger partial charge < -0.3 is 14.4 Å². The molecular weight excluding hydrogens is 370 g/mol. The quantitative estimate of drug-likeness (QED) is 0.644. The molecule has 1 amide bonds. The first-order chi connectivity index (χ1) is 14.1. The molecule has 0 bridgehead atoms. The monoisotopic (exact) mass is 393 g/mol. The highest BCUT2D eigenvalue weighted by Gasteiger charge is 2.23. The number of carbonyl (C=O) groups excluding carboxylic acids is 1. The summed E-state index contributed by atoms with van der Waals surface area (Å²) in [4.78, 5) is 31.7. The van der Waals surface area contributed by atoms with E-state index >= 15 is 0 Å². The Hall–Kier alpha value is -3.35. The van der Waals surface area contributed by atoms with E-state index in [-0.39, 0.29) is 11.5 Å². The normalized spacial score (nSPS) is 12.8. The van der Waals surface area contributed by atoms with E-state index in [9.17, 15) is 9.59 Å². The molecule has 7 nitrogen and oxygen atoms in total. The van der Waals surface area contributed by atoms with Crippen molar-refractivity contribution in [1.82, 2.24) is 9.55 Å². The predicted molar refractivity (Wildman–Crippen MR) is 111 cm³/mol. The molecule has 0 aliphatic carbocycles. The number of aromatic nitrogens is 2. The summed E-state index contributed by atoms with van der Waals surface area (Å²) in [5.41, 5.74) is 2.60. The number of anilines is 1. The number of hydrogen-bond acceptors (Lipinski definition) is 5. The fourth-order valence-electron chi connectivity index (χ4n) is 3.78. The van der Waals surface area contributed by atoms with Gasteiger partial charge in [0.1, 0.15) is 0 Å². The van der Waals surface area contributed by atoms with Crippen molar-refractivity contribution in [2.45, 2.75) is 25.8 Å². The number of para-hydroxylation sites is 1. The van der Waals surface area contributed by atoms with Crippen molar-refractivity contribution in [3.8, 4) is 11.5 Å². The summed E-state index contributed by atoms with van der Waals surface area (Å²) in [6, 6.07) is 11.3. The van der Waals surface area contributed by atoms with Gasteiger partial charge in [0.15, 0.2) is 11.5 Å². The first kappa shape index (κ1) is 19.0. The molecule has 0 unspecified atom stereocenters. The van der Waals surface area contributed by atoms with Gasteiger partial charge in [-0.15, -0.1) is 0 Å². The van der Waals surface area contributed by atoms with E-state index in [0.29, 0.717) is 41.8 Å². The molecule has 2 aromatic carbocycles. The third kappa shape index (κ3) is 3.55. The van der Waals surface area contributed by atoms with E-state index in [1.54, 1.807) is 23.8 Å². The summed E-state index contributed by atoms with van der Waals surface area (Å²) >= 11 is 0. The molecule has 0 N–H and O–H groups in total. The number of methoxy groups -OCH3 is 2. The van der Waals surface area contributed by atoms with E-state index in [0.717, 1.165) is 18.7 Å². The molecule has 150 valence electrons. The molecule has 7 heteroatoms. The van der Waals surface area contributed by atoms with Crippen molar-refractivity contribution in [3.05, 3.63) is 58.6 Å². The summed E-state index contributed by atoms with van der Waals surface area (Å²) in [6.45, 7) is 1.15. The van der Waals surface area contributed by atoms with Gasteiger partial charge in [0, 0.05) is 31.3 Å². The molecule has 0 radical (unpaired) electrons. The Labute approximate surface area is 168 Å². The Morgan fingerprint density at radius 1 is 1.14 bits per heavy atom. The summed E-state index contributed by atoms with van der Waals surface area (Å²) in [6.07, 6.45) is 3.36. The van der Waals surface area contributed by atoms with Crippen LogP contribution >= 0.6 is 0 Å². The lowest BCUT2D eigenvalue weighted by Crippen LogP contribution is -2.29. The van der Waals surface area contributed by atoms with Gasteiger partial charge in [-0.25, -0.2) is 4.98 Å². The average Bonchev–Trinajstić information content (AvgIpc) is 3.18. The molecule has 2 heterocycles. The highest BCUT2D eigenvalue weighted by Crippen LogP contribution is 2.30. The van der Waals surface area contributed by atoms with Crippen LogP contribution in [0, 0.1) is 0 Å². The molecule has 1 aliphatic heterocycles. The molecule has 29 heavy (non-hydrogen) atoms. The van der Waals surface area contributed by atoms with E-state index in [1.807, 2.05) is 23.1 Å². The Morgan fingerprint density at radius 2 is 1.90 bits per heavy atom. The minimum absolute atomic E-state index is 0.0863. The maximum Gasteiger partial charge on any atom is 0.261 e. The summed E-state index contributed by atoms with van der Waals surface area (Å²) in [7, 11) is 3.07. The third-order valence-corrected chi connectivity index (χ3v) is 5.31. The highest BCUT2D eigenvalue weighted by atomic mass is 16.5. The number of benzene rings is 2. The van der Waals surface area contributed by atoms with Gasteiger partial charge in [0.2, 0.25) is 5.91 Å². The maximum absolute atomic E-state index is 12.8. The van der Waals surface area contributed by atoms with Gasteiger partial charge in [0.05, 0.1) is 31.4 Å². The zero-order chi connectivity index (χ0) is 20.4. The van der Waals surface area contributed by atoms with Gasteiger partial charge in [-0.3, -0.25) is 14.2 Å². The van der Waals surface area contributed by atoms with Crippen LogP contribution in [0.5, 0.6) is 11.5 Å². The fourth-order valence-corrected chi connectivity index (χ4v) is 3.78. The second-order valence-electron chi connectivity index (χ2n) is 7.00. The van der Waals surface area contributed by atoms with Crippen LogP contribution in [0.15, 0.2) is 47.5 Å². The summed E-state index contributed by atoms with van der Waals surface area (Å²) < 4.78 is 12.1. The van der Waals surface area contributed by atoms with Crippen LogP contribution in [-0.4, -0.2) is 36.2 Å². The van der Waals surface area contributed by atoms with Crippen LogP contribution in [0.3, 0.4) is 0 Å². The smallest absolute Gasteiger partial charge is 0.261 e. The van der Waals surface area contributed by atoms with E-state index in [4.69, 9.17) is 9.47 Å². The molecule has 0 fully saturated rings. The standard InChI is InChI=1S/C22H23N3O4/c1-28-19-12-16-17(13-20(19)29-2)23-14-24(22(16)27)10-5-8-21(26)25-11-9-15-6-3-4-7-18(15)25/h3-4,6-7,12-14H,5,8-11H2,1-2H3. The van der Waals surface area contributed by atoms with Gasteiger partial charge >= 0.3 is 0 Å². The van der Waals surface area contributed by atoms with E-state index < -0.39 is 0 Å². The van der Waals surface area contributed by atoms with E-state index in [1.165, 1.54) is 19.0 Å². The minimum atomic E-state index is -0.157. The number of hydrogen-bond donors (Lipinski definition) is 0. The molecule has 4 rings (SSSR count). The van der Waals surface area contributed by atoms with Crippen molar-refractivity contribution in [3.63, 3.8) is 0 Å². The number of ether oxygens (including phenoxy) is 2. The largest absolute Gasteiger partial charge is 0.493 e. The highest BCUT2D eigenvalue weighted by molar-refractivity contribution is 5.95. The van der Waals surface area contributed by atoms with Crippen LogP contribution in [0.2, 0.25) is 0 Å². The van der Waals surface area contributed by atoms with Gasteiger partial charge in [-0.05, 0) is 30.5 Å².